The molecule has 25 heavy (non-hydrogen) atoms. The molecule has 0 spiro atoms. The molecule has 3 nitrogen and oxygen atoms in total. The van der Waals surface area contributed by atoms with Crippen LogP contribution in [-0.2, 0) is 6.42 Å². The SMILES string of the molecule is O=C(Nc1ccc(Br)cc1)c1ccc(OCCc2ccccc2)cc1. The first-order chi connectivity index (χ1) is 12.2. The monoisotopic (exact) mass is 395 g/mol. The Bertz CT molecular complexity index is 815. The van der Waals surface area contributed by atoms with Crippen molar-refractivity contribution in [3.05, 3.63) is 94.5 Å². The second-order valence-corrected chi connectivity index (χ2v) is 6.49. The molecule has 0 bridgehead atoms. The summed E-state index contributed by atoms with van der Waals surface area (Å²) in [5.41, 5.74) is 2.60. The maximum Gasteiger partial charge on any atom is 0.255 e. The maximum absolute atomic E-state index is 12.2. The van der Waals surface area contributed by atoms with Crippen LogP contribution in [0.4, 0.5) is 5.69 Å². The van der Waals surface area contributed by atoms with Crippen LogP contribution in [0.25, 0.3) is 0 Å². The standard InChI is InChI=1S/C21H18BrNO2/c22-18-8-10-19(11-9-18)23-21(24)17-6-12-20(13-7-17)25-15-14-16-4-2-1-3-5-16/h1-13H,14-15H2,(H,23,24). The molecule has 0 unspecified atom stereocenters. The smallest absolute Gasteiger partial charge is 0.255 e. The Morgan fingerprint density at radius 1 is 0.880 bits per heavy atom. The van der Waals surface area contributed by atoms with Gasteiger partial charge in [-0.15, -0.1) is 0 Å². The zero-order valence-electron chi connectivity index (χ0n) is 13.6. The third-order valence-electron chi connectivity index (χ3n) is 3.72. The van der Waals surface area contributed by atoms with Crippen molar-refractivity contribution >= 4 is 27.5 Å². The van der Waals surface area contributed by atoms with Crippen LogP contribution in [0.2, 0.25) is 0 Å². The lowest BCUT2D eigenvalue weighted by atomic mass is 10.2. The van der Waals surface area contributed by atoms with Gasteiger partial charge in [-0.3, -0.25) is 4.79 Å². The third kappa shape index (κ3) is 5.19. The second-order valence-electron chi connectivity index (χ2n) is 5.57. The fourth-order valence-electron chi connectivity index (χ4n) is 2.37. The highest BCUT2D eigenvalue weighted by atomic mass is 79.9. The largest absolute Gasteiger partial charge is 0.493 e. The number of benzene rings is 3. The van der Waals surface area contributed by atoms with Gasteiger partial charge in [0.2, 0.25) is 0 Å². The molecule has 0 saturated heterocycles. The minimum Gasteiger partial charge on any atom is -0.493 e. The molecule has 0 aromatic heterocycles. The van der Waals surface area contributed by atoms with E-state index in [0.717, 1.165) is 22.3 Å². The van der Waals surface area contributed by atoms with Gasteiger partial charge in [0, 0.05) is 22.1 Å². The Morgan fingerprint density at radius 3 is 2.24 bits per heavy atom. The number of halogens is 1. The predicted molar refractivity (Wildman–Crippen MR) is 104 cm³/mol. The van der Waals surface area contributed by atoms with Gasteiger partial charge in [0.15, 0.2) is 0 Å². The van der Waals surface area contributed by atoms with Crippen molar-refractivity contribution in [2.24, 2.45) is 0 Å². The van der Waals surface area contributed by atoms with Crippen molar-refractivity contribution in [3.8, 4) is 5.75 Å². The Kier molecular flexibility index (Phi) is 5.86. The molecule has 3 aromatic rings. The van der Waals surface area contributed by atoms with Crippen molar-refractivity contribution in [3.63, 3.8) is 0 Å². The molecule has 4 heteroatoms. The number of anilines is 1. The van der Waals surface area contributed by atoms with Crippen molar-refractivity contribution < 1.29 is 9.53 Å². The van der Waals surface area contributed by atoms with Gasteiger partial charge in [-0.05, 0) is 54.1 Å². The number of ether oxygens (including phenoxy) is 1. The Labute approximate surface area is 155 Å². The summed E-state index contributed by atoms with van der Waals surface area (Å²) < 4.78 is 6.71. The molecule has 0 aliphatic rings. The van der Waals surface area contributed by atoms with Gasteiger partial charge in [0.05, 0.1) is 6.61 Å². The fourth-order valence-corrected chi connectivity index (χ4v) is 2.63. The number of carbonyl (C=O) groups is 1. The maximum atomic E-state index is 12.2. The molecule has 1 amide bonds. The van der Waals surface area contributed by atoms with E-state index in [4.69, 9.17) is 4.74 Å². The minimum absolute atomic E-state index is 0.141. The summed E-state index contributed by atoms with van der Waals surface area (Å²) in [7, 11) is 0. The number of rotatable bonds is 6. The van der Waals surface area contributed by atoms with E-state index in [1.165, 1.54) is 5.56 Å². The van der Waals surface area contributed by atoms with Crippen LogP contribution in [0.1, 0.15) is 15.9 Å². The van der Waals surface area contributed by atoms with Gasteiger partial charge in [-0.2, -0.15) is 0 Å². The van der Waals surface area contributed by atoms with Crippen LogP contribution in [0, 0.1) is 0 Å². The Hall–Kier alpha value is -2.59. The summed E-state index contributed by atoms with van der Waals surface area (Å²) in [6.07, 6.45) is 0.854. The predicted octanol–water partition coefficient (Wildman–Crippen LogP) is 5.32. The first-order valence-electron chi connectivity index (χ1n) is 8.04. The molecule has 0 atom stereocenters. The van der Waals surface area contributed by atoms with E-state index in [-0.39, 0.29) is 5.91 Å². The zero-order valence-corrected chi connectivity index (χ0v) is 15.2. The lowest BCUT2D eigenvalue weighted by molar-refractivity contribution is 0.102. The molecular weight excluding hydrogens is 378 g/mol. The van der Waals surface area contributed by atoms with Crippen molar-refractivity contribution in [1.29, 1.82) is 0 Å². The van der Waals surface area contributed by atoms with Gasteiger partial charge >= 0.3 is 0 Å². The van der Waals surface area contributed by atoms with Crippen LogP contribution in [0.5, 0.6) is 5.75 Å². The van der Waals surface area contributed by atoms with Gasteiger partial charge in [-0.1, -0.05) is 46.3 Å². The molecule has 0 saturated carbocycles. The van der Waals surface area contributed by atoms with Crippen LogP contribution in [-0.4, -0.2) is 12.5 Å². The molecule has 3 rings (SSSR count). The number of nitrogens with one attached hydrogen (secondary N) is 1. The Balaban J connectivity index is 1.52. The third-order valence-corrected chi connectivity index (χ3v) is 4.25. The van der Waals surface area contributed by atoms with Gasteiger partial charge in [-0.25, -0.2) is 0 Å². The number of hydrogen-bond donors (Lipinski definition) is 1. The van der Waals surface area contributed by atoms with E-state index in [2.05, 4.69) is 33.4 Å². The number of amides is 1. The fraction of sp³-hybridized carbons (Fsp3) is 0.0952. The number of hydrogen-bond acceptors (Lipinski definition) is 2. The molecule has 3 aromatic carbocycles. The van der Waals surface area contributed by atoms with Gasteiger partial charge in [0.25, 0.3) is 5.91 Å². The molecule has 0 heterocycles. The lowest BCUT2D eigenvalue weighted by Gasteiger charge is -2.08. The first kappa shape index (κ1) is 17.2. The normalized spacial score (nSPS) is 10.3. The summed E-state index contributed by atoms with van der Waals surface area (Å²) in [4.78, 5) is 12.2. The second kappa shape index (κ2) is 8.49. The topological polar surface area (TPSA) is 38.3 Å². The lowest BCUT2D eigenvalue weighted by Crippen LogP contribution is -2.11. The molecule has 0 fully saturated rings. The van der Waals surface area contributed by atoms with Crippen LogP contribution in [0.15, 0.2) is 83.3 Å². The van der Waals surface area contributed by atoms with E-state index in [1.807, 2.05) is 54.6 Å². The molecule has 1 N–H and O–H groups in total. The van der Waals surface area contributed by atoms with Crippen LogP contribution < -0.4 is 10.1 Å². The molecular formula is C21H18BrNO2. The average Bonchev–Trinajstić information content (AvgIpc) is 2.65. The molecule has 0 aliphatic carbocycles. The minimum atomic E-state index is -0.141. The van der Waals surface area contributed by atoms with E-state index < -0.39 is 0 Å². The quantitative estimate of drug-likeness (QED) is 0.612. The number of carbonyl (C=O) groups excluding carboxylic acids is 1. The molecule has 0 radical (unpaired) electrons. The van der Waals surface area contributed by atoms with Crippen LogP contribution in [0.3, 0.4) is 0 Å². The van der Waals surface area contributed by atoms with E-state index in [1.54, 1.807) is 12.1 Å². The highest BCUT2D eigenvalue weighted by molar-refractivity contribution is 9.10. The van der Waals surface area contributed by atoms with Crippen molar-refractivity contribution in [1.82, 2.24) is 0 Å². The summed E-state index contributed by atoms with van der Waals surface area (Å²) in [6, 6.07) is 24.9. The summed E-state index contributed by atoms with van der Waals surface area (Å²) in [5.74, 6) is 0.620. The van der Waals surface area contributed by atoms with Crippen molar-refractivity contribution in [2.45, 2.75) is 6.42 Å². The van der Waals surface area contributed by atoms with Gasteiger partial charge < -0.3 is 10.1 Å². The molecule has 126 valence electrons. The Morgan fingerprint density at radius 2 is 1.56 bits per heavy atom. The van der Waals surface area contributed by atoms with Crippen molar-refractivity contribution in [2.75, 3.05) is 11.9 Å². The molecule has 0 aliphatic heterocycles. The summed E-state index contributed by atoms with van der Waals surface area (Å²) in [5, 5.41) is 2.87. The first-order valence-corrected chi connectivity index (χ1v) is 8.84. The summed E-state index contributed by atoms with van der Waals surface area (Å²) >= 11 is 3.37. The van der Waals surface area contributed by atoms with E-state index in [0.29, 0.717) is 12.2 Å². The summed E-state index contributed by atoms with van der Waals surface area (Å²) in [6.45, 7) is 0.606. The zero-order chi connectivity index (χ0) is 17.5. The highest BCUT2D eigenvalue weighted by Crippen LogP contribution is 2.17. The van der Waals surface area contributed by atoms with E-state index in [9.17, 15) is 4.79 Å². The average molecular weight is 396 g/mol. The van der Waals surface area contributed by atoms with E-state index >= 15 is 0 Å². The van der Waals surface area contributed by atoms with Crippen LogP contribution >= 0.6 is 15.9 Å². The highest BCUT2D eigenvalue weighted by Gasteiger charge is 2.06. The van der Waals surface area contributed by atoms with Gasteiger partial charge in [0.1, 0.15) is 5.75 Å².